The Labute approximate surface area is 110 Å². The van der Waals surface area contributed by atoms with Gasteiger partial charge in [-0.2, -0.15) is 0 Å². The lowest BCUT2D eigenvalue weighted by Gasteiger charge is -2.29. The summed E-state index contributed by atoms with van der Waals surface area (Å²) >= 11 is 0. The third kappa shape index (κ3) is 3.16. The molecule has 0 saturated carbocycles. The average molecular weight is 254 g/mol. The zero-order chi connectivity index (χ0) is 13.3. The maximum Gasteiger partial charge on any atom is 0.410 e. The molecule has 0 aliphatic carbocycles. The van der Waals surface area contributed by atoms with E-state index in [9.17, 15) is 4.79 Å². The number of carbonyl (C=O) groups is 1. The molecule has 4 nitrogen and oxygen atoms in total. The van der Waals surface area contributed by atoms with Crippen molar-refractivity contribution in [3.05, 3.63) is 0 Å². The molecular formula is C14H26N2O2. The molecule has 0 bridgehead atoms. The Balaban J connectivity index is 1.86. The standard InChI is InChI=1S/C14H26N2O2/c1-11-6-5-8-16(11)12-7-9-15(10-12)13(17)18-14(2,3)4/h11-12H,5-10H2,1-4H3/t11-,12?/m1/s1. The summed E-state index contributed by atoms with van der Waals surface area (Å²) in [5, 5.41) is 0. The first kappa shape index (κ1) is 13.7. The van der Waals surface area contributed by atoms with Crippen LogP contribution in [0.4, 0.5) is 4.79 Å². The van der Waals surface area contributed by atoms with Crippen molar-refractivity contribution in [1.82, 2.24) is 9.80 Å². The van der Waals surface area contributed by atoms with E-state index in [1.807, 2.05) is 25.7 Å². The lowest BCUT2D eigenvalue weighted by Crippen LogP contribution is -2.41. The molecule has 0 aromatic heterocycles. The summed E-state index contributed by atoms with van der Waals surface area (Å²) in [7, 11) is 0. The normalized spacial score (nSPS) is 29.9. The van der Waals surface area contributed by atoms with Crippen LogP contribution in [0, 0.1) is 0 Å². The highest BCUT2D eigenvalue weighted by atomic mass is 16.6. The van der Waals surface area contributed by atoms with Gasteiger partial charge in [0.2, 0.25) is 0 Å². The first-order chi connectivity index (χ1) is 8.37. The lowest BCUT2D eigenvalue weighted by molar-refractivity contribution is 0.0278. The fraction of sp³-hybridized carbons (Fsp3) is 0.929. The van der Waals surface area contributed by atoms with Gasteiger partial charge in [-0.3, -0.25) is 4.90 Å². The topological polar surface area (TPSA) is 32.8 Å². The van der Waals surface area contributed by atoms with Gasteiger partial charge >= 0.3 is 6.09 Å². The fourth-order valence-corrected chi connectivity index (χ4v) is 3.00. The van der Waals surface area contributed by atoms with E-state index in [0.717, 1.165) is 19.5 Å². The summed E-state index contributed by atoms with van der Waals surface area (Å²) in [5.41, 5.74) is -0.393. The van der Waals surface area contributed by atoms with Gasteiger partial charge in [0, 0.05) is 25.2 Å². The summed E-state index contributed by atoms with van der Waals surface area (Å²) in [6.45, 7) is 10.9. The molecule has 0 aromatic carbocycles. The minimum Gasteiger partial charge on any atom is -0.444 e. The van der Waals surface area contributed by atoms with E-state index in [4.69, 9.17) is 4.74 Å². The second-order valence-corrected chi connectivity index (χ2v) is 6.60. The van der Waals surface area contributed by atoms with Gasteiger partial charge in [-0.15, -0.1) is 0 Å². The van der Waals surface area contributed by atoms with E-state index >= 15 is 0 Å². The van der Waals surface area contributed by atoms with Gasteiger partial charge in [-0.1, -0.05) is 0 Å². The van der Waals surface area contributed by atoms with Crippen LogP contribution in [0.1, 0.15) is 47.0 Å². The third-order valence-corrected chi connectivity index (χ3v) is 3.89. The number of rotatable bonds is 1. The van der Waals surface area contributed by atoms with Gasteiger partial charge in [-0.25, -0.2) is 4.79 Å². The SMILES string of the molecule is C[C@@H]1CCCN1C1CCN(C(=O)OC(C)(C)C)C1. The summed E-state index contributed by atoms with van der Waals surface area (Å²) in [4.78, 5) is 16.4. The molecule has 1 amide bonds. The molecule has 18 heavy (non-hydrogen) atoms. The lowest BCUT2D eigenvalue weighted by atomic mass is 10.2. The van der Waals surface area contributed by atoms with Gasteiger partial charge < -0.3 is 9.64 Å². The highest BCUT2D eigenvalue weighted by molar-refractivity contribution is 5.68. The Hall–Kier alpha value is -0.770. The molecule has 0 N–H and O–H groups in total. The first-order valence-electron chi connectivity index (χ1n) is 7.10. The molecule has 0 spiro atoms. The fourth-order valence-electron chi connectivity index (χ4n) is 3.00. The van der Waals surface area contributed by atoms with Crippen molar-refractivity contribution in [3.63, 3.8) is 0 Å². The Bertz CT molecular complexity index is 311. The van der Waals surface area contributed by atoms with Gasteiger partial charge in [-0.05, 0) is 53.5 Å². The zero-order valence-electron chi connectivity index (χ0n) is 12.1. The minimum atomic E-state index is -0.393. The highest BCUT2D eigenvalue weighted by Crippen LogP contribution is 2.25. The van der Waals surface area contributed by atoms with Gasteiger partial charge in [0.1, 0.15) is 5.60 Å². The van der Waals surface area contributed by atoms with Crippen molar-refractivity contribution in [2.24, 2.45) is 0 Å². The maximum absolute atomic E-state index is 12.0. The average Bonchev–Trinajstić information content (AvgIpc) is 2.82. The van der Waals surface area contributed by atoms with Crippen molar-refractivity contribution >= 4 is 6.09 Å². The third-order valence-electron chi connectivity index (χ3n) is 3.89. The van der Waals surface area contributed by atoms with E-state index < -0.39 is 5.60 Å². The molecule has 4 heteroatoms. The molecule has 2 aliphatic heterocycles. The quantitative estimate of drug-likeness (QED) is 0.720. The van der Waals surface area contributed by atoms with Crippen LogP contribution >= 0.6 is 0 Å². The van der Waals surface area contributed by atoms with Crippen molar-refractivity contribution in [2.45, 2.75) is 64.6 Å². The number of likely N-dealkylation sites (tertiary alicyclic amines) is 2. The number of carbonyl (C=O) groups excluding carboxylic acids is 1. The zero-order valence-corrected chi connectivity index (χ0v) is 12.1. The number of nitrogens with zero attached hydrogens (tertiary/aromatic N) is 2. The van der Waals surface area contributed by atoms with Crippen molar-refractivity contribution in [3.8, 4) is 0 Å². The van der Waals surface area contributed by atoms with Gasteiger partial charge in [0.15, 0.2) is 0 Å². The maximum atomic E-state index is 12.0. The van der Waals surface area contributed by atoms with Crippen LogP contribution in [0.15, 0.2) is 0 Å². The second-order valence-electron chi connectivity index (χ2n) is 6.60. The Morgan fingerprint density at radius 1 is 1.22 bits per heavy atom. The molecule has 0 radical (unpaired) electrons. The molecule has 2 saturated heterocycles. The predicted molar refractivity (Wildman–Crippen MR) is 71.6 cm³/mol. The highest BCUT2D eigenvalue weighted by Gasteiger charge is 2.35. The number of hydrogen-bond acceptors (Lipinski definition) is 3. The van der Waals surface area contributed by atoms with Crippen LogP contribution in [-0.4, -0.2) is 53.2 Å². The van der Waals surface area contributed by atoms with E-state index in [2.05, 4.69) is 11.8 Å². The van der Waals surface area contributed by atoms with Crippen LogP contribution in [0.2, 0.25) is 0 Å². The Morgan fingerprint density at radius 2 is 1.94 bits per heavy atom. The molecule has 2 heterocycles. The number of ether oxygens (including phenoxy) is 1. The van der Waals surface area contributed by atoms with Gasteiger partial charge in [0.25, 0.3) is 0 Å². The first-order valence-corrected chi connectivity index (χ1v) is 7.10. The summed E-state index contributed by atoms with van der Waals surface area (Å²) in [5.74, 6) is 0. The summed E-state index contributed by atoms with van der Waals surface area (Å²) in [6, 6.07) is 1.21. The number of hydrogen-bond donors (Lipinski definition) is 0. The van der Waals surface area contributed by atoms with E-state index in [0.29, 0.717) is 12.1 Å². The van der Waals surface area contributed by atoms with Crippen LogP contribution in [0.5, 0.6) is 0 Å². The molecule has 104 valence electrons. The van der Waals surface area contributed by atoms with E-state index in [1.165, 1.54) is 19.4 Å². The monoisotopic (exact) mass is 254 g/mol. The van der Waals surface area contributed by atoms with Gasteiger partial charge in [0.05, 0.1) is 0 Å². The van der Waals surface area contributed by atoms with E-state index in [-0.39, 0.29) is 6.09 Å². The Morgan fingerprint density at radius 3 is 2.50 bits per heavy atom. The molecule has 0 aromatic rings. The summed E-state index contributed by atoms with van der Waals surface area (Å²) in [6.07, 6.45) is 3.52. The van der Waals surface area contributed by atoms with Crippen LogP contribution in [0.3, 0.4) is 0 Å². The molecule has 2 aliphatic rings. The molecule has 2 fully saturated rings. The number of amides is 1. The molecular weight excluding hydrogens is 228 g/mol. The van der Waals surface area contributed by atoms with Crippen LogP contribution < -0.4 is 0 Å². The Kier molecular flexibility index (Phi) is 3.85. The van der Waals surface area contributed by atoms with Crippen molar-refractivity contribution in [1.29, 1.82) is 0 Å². The minimum absolute atomic E-state index is 0.156. The smallest absolute Gasteiger partial charge is 0.410 e. The molecule has 2 rings (SSSR count). The van der Waals surface area contributed by atoms with Crippen molar-refractivity contribution in [2.75, 3.05) is 19.6 Å². The molecule has 1 unspecified atom stereocenters. The van der Waals surface area contributed by atoms with Crippen LogP contribution in [-0.2, 0) is 4.74 Å². The second kappa shape index (κ2) is 5.08. The largest absolute Gasteiger partial charge is 0.444 e. The van der Waals surface area contributed by atoms with E-state index in [1.54, 1.807) is 0 Å². The van der Waals surface area contributed by atoms with Crippen LogP contribution in [0.25, 0.3) is 0 Å². The van der Waals surface area contributed by atoms with Crippen molar-refractivity contribution < 1.29 is 9.53 Å². The molecule has 2 atom stereocenters. The summed E-state index contributed by atoms with van der Waals surface area (Å²) < 4.78 is 5.43. The predicted octanol–water partition coefficient (Wildman–Crippen LogP) is 2.48.